The van der Waals surface area contributed by atoms with Crippen LogP contribution in [0.4, 0.5) is 0 Å². The van der Waals surface area contributed by atoms with Crippen molar-refractivity contribution in [2.24, 2.45) is 11.7 Å². The zero-order valence-electron chi connectivity index (χ0n) is 30.4. The number of piperidine rings is 1. The molecule has 7 nitrogen and oxygen atoms in total. The highest BCUT2D eigenvalue weighted by molar-refractivity contribution is 5.91. The number of nitrogens with two attached hydrogens (primary N) is 1. The fourth-order valence-corrected chi connectivity index (χ4v) is 8.64. The molecule has 0 radical (unpaired) electrons. The maximum atomic E-state index is 13.4. The summed E-state index contributed by atoms with van der Waals surface area (Å²) in [6, 6.07) is 25.6. The van der Waals surface area contributed by atoms with E-state index in [0.717, 1.165) is 68.3 Å². The van der Waals surface area contributed by atoms with Crippen molar-refractivity contribution in [2.75, 3.05) is 46.4 Å². The second kappa shape index (κ2) is 18.7. The van der Waals surface area contributed by atoms with Crippen molar-refractivity contribution >= 4 is 5.91 Å². The van der Waals surface area contributed by atoms with Gasteiger partial charge in [0.15, 0.2) is 0 Å². The van der Waals surface area contributed by atoms with Crippen LogP contribution >= 0.6 is 0 Å². The summed E-state index contributed by atoms with van der Waals surface area (Å²) in [5.41, 5.74) is 8.56. The van der Waals surface area contributed by atoms with E-state index in [1.807, 2.05) is 54.7 Å². The summed E-state index contributed by atoms with van der Waals surface area (Å²) in [5.74, 6) is 0.824. The predicted octanol–water partition coefficient (Wildman–Crippen LogP) is 7.29. The molecule has 1 amide bonds. The lowest BCUT2D eigenvalue weighted by atomic mass is 9.64. The summed E-state index contributed by atoms with van der Waals surface area (Å²) >= 11 is 0. The number of carbonyl (C=O) groups excluding carboxylic acids is 1. The smallest absolute Gasteiger partial charge is 0.232 e. The molecule has 2 saturated heterocycles. The number of benzene rings is 2. The fraction of sp³-hybridized carbons (Fsp3) is 0.571. The number of hydrogen-bond donors (Lipinski definition) is 1. The van der Waals surface area contributed by atoms with Gasteiger partial charge in [-0.3, -0.25) is 19.6 Å². The molecular formula is C42H61N5O2. The average Bonchev–Trinajstić information content (AvgIpc) is 3.59. The summed E-state index contributed by atoms with van der Waals surface area (Å²) < 4.78 is 5.52. The Morgan fingerprint density at radius 2 is 1.43 bits per heavy atom. The lowest BCUT2D eigenvalue weighted by Gasteiger charge is -2.40. The summed E-state index contributed by atoms with van der Waals surface area (Å²) in [4.78, 5) is 25.8. The summed E-state index contributed by atoms with van der Waals surface area (Å²) in [6.07, 6.45) is 14.4. The second-order valence-electron chi connectivity index (χ2n) is 14.7. The Morgan fingerprint density at radius 1 is 0.837 bits per heavy atom. The Bertz CT molecular complexity index is 1350. The van der Waals surface area contributed by atoms with E-state index in [9.17, 15) is 4.79 Å². The van der Waals surface area contributed by atoms with Crippen molar-refractivity contribution in [1.29, 1.82) is 0 Å². The number of ether oxygens (including phenoxy) is 1. The molecular weight excluding hydrogens is 606 g/mol. The number of methoxy groups -OCH3 is 1. The van der Waals surface area contributed by atoms with E-state index < -0.39 is 5.41 Å². The molecule has 0 spiro atoms. The van der Waals surface area contributed by atoms with Crippen LogP contribution in [-0.2, 0) is 16.8 Å². The van der Waals surface area contributed by atoms with Crippen molar-refractivity contribution in [2.45, 2.75) is 102 Å². The molecule has 2 N–H and O–H groups in total. The summed E-state index contributed by atoms with van der Waals surface area (Å²) in [7, 11) is 1.73. The number of primary amides is 1. The molecule has 0 aliphatic carbocycles. The van der Waals surface area contributed by atoms with Gasteiger partial charge in [-0.2, -0.15) is 0 Å². The number of carbonyl (C=O) groups is 1. The molecule has 266 valence electrons. The van der Waals surface area contributed by atoms with E-state index in [-0.39, 0.29) is 11.8 Å². The van der Waals surface area contributed by atoms with Crippen LogP contribution in [0.5, 0.6) is 5.75 Å². The molecule has 1 atom stereocenters. The molecule has 2 aliphatic heterocycles. The third-order valence-electron chi connectivity index (χ3n) is 11.3. The number of amides is 1. The molecule has 2 aliphatic rings. The van der Waals surface area contributed by atoms with Gasteiger partial charge in [-0.05, 0) is 94.8 Å². The molecule has 0 saturated carbocycles. The predicted molar refractivity (Wildman–Crippen MR) is 201 cm³/mol. The SMILES string of the molecule is COc1cccnc1CN1CCC(N(CCCCCCCCCN2CC[C@@H](C(C(N)=O)(c3ccccc3)c3ccccc3)C2)C(C)C)CC1. The van der Waals surface area contributed by atoms with Crippen molar-refractivity contribution in [3.05, 3.63) is 95.8 Å². The Labute approximate surface area is 296 Å². The van der Waals surface area contributed by atoms with E-state index in [1.165, 1.54) is 64.3 Å². The first-order valence-electron chi connectivity index (χ1n) is 19.0. The van der Waals surface area contributed by atoms with E-state index >= 15 is 0 Å². The third-order valence-corrected chi connectivity index (χ3v) is 11.3. The van der Waals surface area contributed by atoms with Gasteiger partial charge >= 0.3 is 0 Å². The molecule has 7 heteroatoms. The number of unbranched alkanes of at least 4 members (excludes halogenated alkanes) is 6. The Hall–Kier alpha value is -3.26. The van der Waals surface area contributed by atoms with Crippen LogP contribution in [0.15, 0.2) is 79.0 Å². The minimum absolute atomic E-state index is 0.170. The van der Waals surface area contributed by atoms with Crippen LogP contribution in [-0.4, -0.2) is 84.1 Å². The first kappa shape index (κ1) is 37.0. The lowest BCUT2D eigenvalue weighted by molar-refractivity contribution is -0.123. The summed E-state index contributed by atoms with van der Waals surface area (Å²) in [6.45, 7) is 12.1. The second-order valence-corrected chi connectivity index (χ2v) is 14.7. The van der Waals surface area contributed by atoms with Gasteiger partial charge in [0.2, 0.25) is 5.91 Å². The summed E-state index contributed by atoms with van der Waals surface area (Å²) in [5, 5.41) is 0. The van der Waals surface area contributed by atoms with E-state index in [2.05, 4.69) is 57.8 Å². The number of aromatic nitrogens is 1. The molecule has 0 bridgehead atoms. The van der Waals surface area contributed by atoms with Crippen LogP contribution in [0.25, 0.3) is 0 Å². The number of rotatable bonds is 19. The van der Waals surface area contributed by atoms with Gasteiger partial charge in [0.25, 0.3) is 0 Å². The van der Waals surface area contributed by atoms with Gasteiger partial charge in [-0.1, -0.05) is 92.8 Å². The molecule has 1 aromatic heterocycles. The number of pyridine rings is 1. The van der Waals surface area contributed by atoms with Crippen LogP contribution in [0, 0.1) is 5.92 Å². The van der Waals surface area contributed by atoms with Gasteiger partial charge in [-0.25, -0.2) is 0 Å². The van der Waals surface area contributed by atoms with Crippen LogP contribution in [0.1, 0.15) is 94.9 Å². The highest BCUT2D eigenvalue weighted by Gasteiger charge is 2.49. The van der Waals surface area contributed by atoms with Crippen LogP contribution in [0.2, 0.25) is 0 Å². The minimum atomic E-state index is -0.797. The molecule has 3 aromatic rings. The number of hydrogen-bond acceptors (Lipinski definition) is 6. The van der Waals surface area contributed by atoms with E-state index in [0.29, 0.717) is 12.1 Å². The number of nitrogens with zero attached hydrogens (tertiary/aromatic N) is 4. The van der Waals surface area contributed by atoms with Gasteiger partial charge in [-0.15, -0.1) is 0 Å². The van der Waals surface area contributed by atoms with Gasteiger partial charge in [0.05, 0.1) is 12.8 Å². The molecule has 2 fully saturated rings. The van der Waals surface area contributed by atoms with Crippen molar-refractivity contribution in [3.8, 4) is 5.75 Å². The molecule has 0 unspecified atom stereocenters. The van der Waals surface area contributed by atoms with Crippen molar-refractivity contribution < 1.29 is 9.53 Å². The molecule has 49 heavy (non-hydrogen) atoms. The standard InChI is InChI=1S/C42H61N5O2/c1-34(2)47(38-24-30-46(31-25-38)33-39-40(49-3)22-17-26-44-39)28-16-8-6-4-5-7-15-27-45-29-23-37(32-45)42(41(43)48,35-18-11-9-12-19-35)36-20-13-10-14-21-36/h9-14,17-22,26,34,37-38H,4-8,15-16,23-25,27-33H2,1-3H3,(H2,43,48)/t37-/m1/s1. The fourth-order valence-electron chi connectivity index (χ4n) is 8.64. The highest BCUT2D eigenvalue weighted by atomic mass is 16.5. The minimum Gasteiger partial charge on any atom is -0.495 e. The van der Waals surface area contributed by atoms with Crippen molar-refractivity contribution in [3.63, 3.8) is 0 Å². The monoisotopic (exact) mass is 667 g/mol. The Morgan fingerprint density at radius 3 is 2.02 bits per heavy atom. The Kier molecular flexibility index (Phi) is 14.1. The quantitative estimate of drug-likeness (QED) is 0.135. The van der Waals surface area contributed by atoms with E-state index in [1.54, 1.807) is 7.11 Å². The van der Waals surface area contributed by atoms with Gasteiger partial charge < -0.3 is 15.4 Å². The average molecular weight is 668 g/mol. The molecule has 2 aromatic carbocycles. The van der Waals surface area contributed by atoms with Gasteiger partial charge in [0.1, 0.15) is 11.2 Å². The third kappa shape index (κ3) is 9.50. The first-order chi connectivity index (χ1) is 23.9. The van der Waals surface area contributed by atoms with Crippen LogP contribution < -0.4 is 10.5 Å². The normalized spacial score (nSPS) is 18.0. The van der Waals surface area contributed by atoms with Crippen LogP contribution in [0.3, 0.4) is 0 Å². The maximum Gasteiger partial charge on any atom is 0.232 e. The maximum absolute atomic E-state index is 13.4. The lowest BCUT2D eigenvalue weighted by Crippen LogP contribution is -2.49. The van der Waals surface area contributed by atoms with Crippen molar-refractivity contribution in [1.82, 2.24) is 19.7 Å². The molecule has 5 rings (SSSR count). The zero-order valence-corrected chi connectivity index (χ0v) is 30.4. The first-order valence-corrected chi connectivity index (χ1v) is 19.0. The topological polar surface area (TPSA) is 74.9 Å². The highest BCUT2D eigenvalue weighted by Crippen LogP contribution is 2.43. The zero-order chi connectivity index (χ0) is 34.5. The Balaban J connectivity index is 0.979. The largest absolute Gasteiger partial charge is 0.495 e. The molecule has 3 heterocycles. The number of likely N-dealkylation sites (tertiary alicyclic amines) is 2. The van der Waals surface area contributed by atoms with E-state index in [4.69, 9.17) is 10.5 Å². The van der Waals surface area contributed by atoms with Gasteiger partial charge in [0, 0.05) is 44.5 Å².